The summed E-state index contributed by atoms with van der Waals surface area (Å²) < 4.78 is 6.85. The number of methoxy groups -OCH3 is 1. The Labute approximate surface area is 108 Å². The van der Waals surface area contributed by atoms with E-state index in [0.717, 1.165) is 17.0 Å². The zero-order chi connectivity index (χ0) is 13.7. The molecule has 18 heavy (non-hydrogen) atoms. The van der Waals surface area contributed by atoms with Crippen LogP contribution in [0.15, 0.2) is 12.7 Å². The Morgan fingerprint density at radius 3 is 2.67 bits per heavy atom. The molecular formula is C13H21N3O2. The summed E-state index contributed by atoms with van der Waals surface area (Å²) in [4.78, 5) is 13.5. The quantitative estimate of drug-likeness (QED) is 0.714. The van der Waals surface area contributed by atoms with Crippen molar-refractivity contribution in [3.05, 3.63) is 29.6 Å². The molecule has 5 heteroatoms. The topological polar surface area (TPSA) is 47.4 Å². The van der Waals surface area contributed by atoms with Crippen LogP contribution in [-0.4, -0.2) is 40.8 Å². The summed E-state index contributed by atoms with van der Waals surface area (Å²) in [7, 11) is 3.53. The molecule has 100 valence electrons. The van der Waals surface area contributed by atoms with Gasteiger partial charge in [-0.05, 0) is 19.9 Å². The molecule has 0 atom stereocenters. The molecule has 0 N–H and O–H groups in total. The molecule has 5 nitrogen and oxygen atoms in total. The van der Waals surface area contributed by atoms with Crippen LogP contribution in [0.5, 0.6) is 0 Å². The van der Waals surface area contributed by atoms with Crippen molar-refractivity contribution in [3.8, 4) is 0 Å². The van der Waals surface area contributed by atoms with Gasteiger partial charge in [0.25, 0.3) is 0 Å². The number of aromatic nitrogens is 2. The summed E-state index contributed by atoms with van der Waals surface area (Å²) in [6.45, 7) is 9.09. The van der Waals surface area contributed by atoms with Crippen LogP contribution in [0.4, 0.5) is 0 Å². The third-order valence-electron chi connectivity index (χ3n) is 3.06. The summed E-state index contributed by atoms with van der Waals surface area (Å²) in [5.41, 5.74) is 3.12. The number of hydrogen-bond acceptors (Lipinski definition) is 3. The Hall–Kier alpha value is -1.62. The van der Waals surface area contributed by atoms with Crippen molar-refractivity contribution in [2.75, 3.05) is 20.3 Å². The molecule has 0 spiro atoms. The Balaban J connectivity index is 2.88. The molecule has 0 aromatic carbocycles. The summed E-state index contributed by atoms with van der Waals surface area (Å²) in [6, 6.07) is 0. The first-order valence-corrected chi connectivity index (χ1v) is 5.90. The highest BCUT2D eigenvalue weighted by Gasteiger charge is 2.16. The van der Waals surface area contributed by atoms with Gasteiger partial charge in [-0.3, -0.25) is 9.48 Å². The molecule has 0 aliphatic carbocycles. The molecule has 0 unspecified atom stereocenters. The second kappa shape index (κ2) is 6.35. The van der Waals surface area contributed by atoms with Crippen LogP contribution >= 0.6 is 0 Å². The van der Waals surface area contributed by atoms with Gasteiger partial charge in [0, 0.05) is 38.5 Å². The molecule has 1 aromatic rings. The van der Waals surface area contributed by atoms with E-state index in [9.17, 15) is 4.79 Å². The minimum atomic E-state index is -0.0882. The van der Waals surface area contributed by atoms with Crippen molar-refractivity contribution >= 4 is 5.91 Å². The number of rotatable bonds is 6. The zero-order valence-corrected chi connectivity index (χ0v) is 11.6. The standard InChI is InChI=1S/C13H21N3O2/c1-6-13(17)16(7-8-18-5)9-12-10(2)14-15(4)11(12)3/h6H,1,7-9H2,2-5H3. The number of hydrogen-bond donors (Lipinski definition) is 0. The monoisotopic (exact) mass is 251 g/mol. The maximum Gasteiger partial charge on any atom is 0.246 e. The van der Waals surface area contributed by atoms with Crippen molar-refractivity contribution in [2.45, 2.75) is 20.4 Å². The number of amides is 1. The molecule has 0 radical (unpaired) electrons. The Morgan fingerprint density at radius 1 is 1.56 bits per heavy atom. The maximum atomic E-state index is 11.8. The van der Waals surface area contributed by atoms with Crippen LogP contribution < -0.4 is 0 Å². The van der Waals surface area contributed by atoms with Gasteiger partial charge >= 0.3 is 0 Å². The number of carbonyl (C=O) groups is 1. The highest BCUT2D eigenvalue weighted by atomic mass is 16.5. The summed E-state index contributed by atoms with van der Waals surface area (Å²) in [5.74, 6) is -0.0882. The van der Waals surface area contributed by atoms with E-state index in [0.29, 0.717) is 19.7 Å². The predicted molar refractivity (Wildman–Crippen MR) is 70.2 cm³/mol. The largest absolute Gasteiger partial charge is 0.383 e. The fraction of sp³-hybridized carbons (Fsp3) is 0.538. The molecule has 0 fully saturated rings. The fourth-order valence-corrected chi connectivity index (χ4v) is 1.83. The van der Waals surface area contributed by atoms with Crippen LogP contribution in [0, 0.1) is 13.8 Å². The molecule has 0 aliphatic rings. The summed E-state index contributed by atoms with van der Waals surface area (Å²) in [5, 5.41) is 4.35. The first kappa shape index (κ1) is 14.4. The van der Waals surface area contributed by atoms with Gasteiger partial charge in [-0.2, -0.15) is 5.10 Å². The molecule has 0 bridgehead atoms. The normalized spacial score (nSPS) is 10.4. The van der Waals surface area contributed by atoms with Gasteiger partial charge in [-0.15, -0.1) is 0 Å². The van der Waals surface area contributed by atoms with Gasteiger partial charge in [-0.1, -0.05) is 6.58 Å². The van der Waals surface area contributed by atoms with Crippen LogP contribution in [-0.2, 0) is 23.1 Å². The van der Waals surface area contributed by atoms with Crippen LogP contribution in [0.3, 0.4) is 0 Å². The molecule has 1 aromatic heterocycles. The van der Waals surface area contributed by atoms with E-state index in [1.165, 1.54) is 6.08 Å². The first-order chi connectivity index (χ1) is 8.51. The van der Waals surface area contributed by atoms with Crippen molar-refractivity contribution in [1.29, 1.82) is 0 Å². The molecule has 1 heterocycles. The van der Waals surface area contributed by atoms with E-state index >= 15 is 0 Å². The first-order valence-electron chi connectivity index (χ1n) is 5.90. The van der Waals surface area contributed by atoms with Gasteiger partial charge in [0.05, 0.1) is 12.3 Å². The maximum absolute atomic E-state index is 11.8. The molecule has 0 saturated carbocycles. The van der Waals surface area contributed by atoms with E-state index in [4.69, 9.17) is 4.74 Å². The second-order valence-corrected chi connectivity index (χ2v) is 4.23. The van der Waals surface area contributed by atoms with E-state index < -0.39 is 0 Å². The average Bonchev–Trinajstić information content (AvgIpc) is 2.59. The third-order valence-corrected chi connectivity index (χ3v) is 3.06. The van der Waals surface area contributed by atoms with Crippen molar-refractivity contribution in [1.82, 2.24) is 14.7 Å². The number of aryl methyl sites for hydroxylation is 2. The predicted octanol–water partition coefficient (Wildman–Crippen LogP) is 1.20. The van der Waals surface area contributed by atoms with Gasteiger partial charge in [0.15, 0.2) is 0 Å². The van der Waals surface area contributed by atoms with Gasteiger partial charge in [0.1, 0.15) is 0 Å². The zero-order valence-electron chi connectivity index (χ0n) is 11.6. The van der Waals surface area contributed by atoms with E-state index in [1.54, 1.807) is 12.0 Å². The number of nitrogens with zero attached hydrogens (tertiary/aromatic N) is 3. The van der Waals surface area contributed by atoms with Gasteiger partial charge in [0.2, 0.25) is 5.91 Å². The lowest BCUT2D eigenvalue weighted by Gasteiger charge is -2.21. The van der Waals surface area contributed by atoms with Crippen LogP contribution in [0.2, 0.25) is 0 Å². The highest BCUT2D eigenvalue weighted by molar-refractivity contribution is 5.87. The van der Waals surface area contributed by atoms with Crippen LogP contribution in [0.25, 0.3) is 0 Å². The highest BCUT2D eigenvalue weighted by Crippen LogP contribution is 2.14. The lowest BCUT2D eigenvalue weighted by atomic mass is 10.2. The molecule has 1 amide bonds. The second-order valence-electron chi connectivity index (χ2n) is 4.23. The lowest BCUT2D eigenvalue weighted by Crippen LogP contribution is -2.32. The van der Waals surface area contributed by atoms with Gasteiger partial charge in [-0.25, -0.2) is 0 Å². The molecule has 0 aliphatic heterocycles. The SMILES string of the molecule is C=CC(=O)N(CCOC)Cc1c(C)nn(C)c1C. The summed E-state index contributed by atoms with van der Waals surface area (Å²) >= 11 is 0. The van der Waals surface area contributed by atoms with Crippen molar-refractivity contribution < 1.29 is 9.53 Å². The fourth-order valence-electron chi connectivity index (χ4n) is 1.83. The summed E-state index contributed by atoms with van der Waals surface area (Å²) in [6.07, 6.45) is 1.33. The van der Waals surface area contributed by atoms with Crippen molar-refractivity contribution in [3.63, 3.8) is 0 Å². The average molecular weight is 251 g/mol. The Bertz CT molecular complexity index is 438. The lowest BCUT2D eigenvalue weighted by molar-refractivity contribution is -0.127. The Morgan fingerprint density at radius 2 is 2.22 bits per heavy atom. The molecule has 0 saturated heterocycles. The minimum Gasteiger partial charge on any atom is -0.383 e. The Kier molecular flexibility index (Phi) is 5.09. The third kappa shape index (κ3) is 3.20. The van der Waals surface area contributed by atoms with Crippen molar-refractivity contribution in [2.24, 2.45) is 7.05 Å². The minimum absolute atomic E-state index is 0.0882. The molecule has 1 rings (SSSR count). The van der Waals surface area contributed by atoms with Crippen LogP contribution in [0.1, 0.15) is 17.0 Å². The number of carbonyl (C=O) groups excluding carboxylic acids is 1. The van der Waals surface area contributed by atoms with E-state index in [2.05, 4.69) is 11.7 Å². The smallest absolute Gasteiger partial charge is 0.246 e. The van der Waals surface area contributed by atoms with E-state index in [1.807, 2.05) is 25.6 Å². The van der Waals surface area contributed by atoms with E-state index in [-0.39, 0.29) is 5.91 Å². The number of ether oxygens (including phenoxy) is 1. The van der Waals surface area contributed by atoms with Gasteiger partial charge < -0.3 is 9.64 Å². The molecular weight excluding hydrogens is 230 g/mol.